The van der Waals surface area contributed by atoms with Crippen LogP contribution in [0, 0.1) is 6.92 Å². The molecule has 2 amide bonds. The van der Waals surface area contributed by atoms with Crippen LogP contribution >= 0.6 is 11.6 Å². The van der Waals surface area contributed by atoms with Gasteiger partial charge in [0, 0.05) is 17.6 Å². The Morgan fingerprint density at radius 1 is 0.975 bits per heavy atom. The zero-order chi connectivity index (χ0) is 28.7. The Balaban J connectivity index is 1.69. The van der Waals surface area contributed by atoms with Gasteiger partial charge in [0.2, 0.25) is 11.8 Å². The van der Waals surface area contributed by atoms with Crippen LogP contribution in [0.25, 0.3) is 0 Å². The van der Waals surface area contributed by atoms with Crippen molar-refractivity contribution < 1.29 is 18.0 Å². The topological polar surface area (TPSA) is 86.8 Å². The van der Waals surface area contributed by atoms with E-state index in [2.05, 4.69) is 5.32 Å². The molecule has 1 saturated carbocycles. The first kappa shape index (κ1) is 29.6. The normalized spacial score (nSPS) is 14.5. The predicted molar refractivity (Wildman–Crippen MR) is 159 cm³/mol. The van der Waals surface area contributed by atoms with E-state index in [4.69, 9.17) is 11.6 Å². The minimum atomic E-state index is -4.12. The number of carbonyl (C=O) groups is 2. The molecule has 3 aromatic carbocycles. The number of sulfonamides is 1. The van der Waals surface area contributed by atoms with Crippen LogP contribution in [0.5, 0.6) is 0 Å². The highest BCUT2D eigenvalue weighted by molar-refractivity contribution is 7.92. The van der Waals surface area contributed by atoms with Gasteiger partial charge < -0.3 is 10.2 Å². The van der Waals surface area contributed by atoms with Crippen LogP contribution in [-0.2, 0) is 26.2 Å². The molecule has 4 rings (SSSR count). The van der Waals surface area contributed by atoms with E-state index in [1.807, 2.05) is 38.1 Å². The van der Waals surface area contributed by atoms with Crippen molar-refractivity contribution in [3.8, 4) is 0 Å². The van der Waals surface area contributed by atoms with Crippen LogP contribution in [0.15, 0.2) is 83.8 Å². The van der Waals surface area contributed by atoms with E-state index in [0.717, 1.165) is 41.1 Å². The maximum Gasteiger partial charge on any atom is 0.264 e. The summed E-state index contributed by atoms with van der Waals surface area (Å²) in [7, 11) is -4.12. The van der Waals surface area contributed by atoms with Crippen molar-refractivity contribution >= 4 is 39.1 Å². The van der Waals surface area contributed by atoms with E-state index in [-0.39, 0.29) is 23.4 Å². The van der Waals surface area contributed by atoms with Crippen LogP contribution in [-0.4, -0.2) is 43.8 Å². The molecule has 40 heavy (non-hydrogen) atoms. The molecule has 0 aliphatic heterocycles. The first-order valence-corrected chi connectivity index (χ1v) is 15.5. The maximum atomic E-state index is 14.1. The van der Waals surface area contributed by atoms with Gasteiger partial charge in [0.1, 0.15) is 12.6 Å². The van der Waals surface area contributed by atoms with Crippen LogP contribution in [0.3, 0.4) is 0 Å². The van der Waals surface area contributed by atoms with Gasteiger partial charge in [0.25, 0.3) is 10.0 Å². The number of nitrogens with one attached hydrogen (secondary N) is 1. The molecule has 0 unspecified atom stereocenters. The fraction of sp³-hybridized carbons (Fsp3) is 0.355. The summed E-state index contributed by atoms with van der Waals surface area (Å²) in [5.74, 6) is -0.668. The summed E-state index contributed by atoms with van der Waals surface area (Å²) in [6.45, 7) is 3.55. The number of para-hydroxylation sites is 1. The molecular weight excluding hydrogens is 546 g/mol. The third-order valence-corrected chi connectivity index (χ3v) is 9.29. The highest BCUT2D eigenvalue weighted by atomic mass is 35.5. The molecule has 0 radical (unpaired) electrons. The summed E-state index contributed by atoms with van der Waals surface area (Å²) in [5.41, 5.74) is 2.25. The molecule has 7 nitrogen and oxygen atoms in total. The fourth-order valence-corrected chi connectivity index (χ4v) is 6.69. The Kier molecular flexibility index (Phi) is 9.87. The Morgan fingerprint density at radius 2 is 1.65 bits per heavy atom. The summed E-state index contributed by atoms with van der Waals surface area (Å²) in [4.78, 5) is 29.1. The first-order valence-electron chi connectivity index (χ1n) is 13.7. The minimum Gasteiger partial charge on any atom is -0.352 e. The Hall–Kier alpha value is -3.36. The molecule has 0 aromatic heterocycles. The molecule has 9 heteroatoms. The number of hydrogen-bond acceptors (Lipinski definition) is 4. The van der Waals surface area contributed by atoms with E-state index in [0.29, 0.717) is 17.1 Å². The van der Waals surface area contributed by atoms with Crippen LogP contribution < -0.4 is 9.62 Å². The monoisotopic (exact) mass is 581 g/mol. The van der Waals surface area contributed by atoms with Gasteiger partial charge in [-0.1, -0.05) is 79.4 Å². The van der Waals surface area contributed by atoms with E-state index in [1.54, 1.807) is 30.3 Å². The lowest BCUT2D eigenvalue weighted by Gasteiger charge is -2.33. The molecule has 0 heterocycles. The average Bonchev–Trinajstić information content (AvgIpc) is 3.45. The second-order valence-electron chi connectivity index (χ2n) is 10.2. The van der Waals surface area contributed by atoms with Gasteiger partial charge in [-0.2, -0.15) is 0 Å². The van der Waals surface area contributed by atoms with Crippen molar-refractivity contribution in [3.63, 3.8) is 0 Å². The summed E-state index contributed by atoms with van der Waals surface area (Å²) >= 11 is 6.01. The molecule has 1 aliphatic rings. The largest absolute Gasteiger partial charge is 0.352 e. The SMILES string of the molecule is CC[C@@H](C(=O)NC1CCCC1)N(Cc1cccc(C)c1)C(=O)CN(c1ccccc1)S(=O)(=O)c1ccc(Cl)cc1. The lowest BCUT2D eigenvalue weighted by molar-refractivity contribution is -0.140. The summed E-state index contributed by atoms with van der Waals surface area (Å²) < 4.78 is 28.8. The number of hydrogen-bond donors (Lipinski definition) is 1. The van der Waals surface area contributed by atoms with Crippen LogP contribution in [0.4, 0.5) is 5.69 Å². The first-order chi connectivity index (χ1) is 19.2. The van der Waals surface area contributed by atoms with Crippen molar-refractivity contribution in [1.82, 2.24) is 10.2 Å². The van der Waals surface area contributed by atoms with E-state index in [9.17, 15) is 18.0 Å². The van der Waals surface area contributed by atoms with Gasteiger partial charge in [0.15, 0.2) is 0 Å². The minimum absolute atomic E-state index is 0.0183. The second kappa shape index (κ2) is 13.3. The Morgan fingerprint density at radius 3 is 2.27 bits per heavy atom. The zero-order valence-electron chi connectivity index (χ0n) is 22.9. The lowest BCUT2D eigenvalue weighted by atomic mass is 10.1. The van der Waals surface area contributed by atoms with Crippen molar-refractivity contribution in [2.45, 2.75) is 69.5 Å². The molecule has 0 bridgehead atoms. The molecule has 1 fully saturated rings. The van der Waals surface area contributed by atoms with Gasteiger partial charge in [0.05, 0.1) is 10.6 Å². The van der Waals surface area contributed by atoms with Gasteiger partial charge in [-0.25, -0.2) is 8.42 Å². The molecule has 1 N–H and O–H groups in total. The van der Waals surface area contributed by atoms with Crippen molar-refractivity contribution in [2.24, 2.45) is 0 Å². The van der Waals surface area contributed by atoms with Gasteiger partial charge in [-0.05, 0) is 68.1 Å². The summed E-state index contributed by atoms with van der Waals surface area (Å²) in [6, 6.07) is 21.5. The van der Waals surface area contributed by atoms with Gasteiger partial charge in [-0.15, -0.1) is 0 Å². The van der Waals surface area contributed by atoms with Crippen LogP contribution in [0.2, 0.25) is 5.02 Å². The highest BCUT2D eigenvalue weighted by Crippen LogP contribution is 2.26. The number of benzene rings is 3. The van der Waals surface area contributed by atoms with E-state index in [1.165, 1.54) is 29.2 Å². The molecule has 212 valence electrons. The molecule has 0 saturated heterocycles. The standard InChI is InChI=1S/C31H36ClN3O4S/c1-3-29(31(37)33-26-12-7-8-13-26)34(21-24-11-9-10-23(2)20-24)30(36)22-35(27-14-5-4-6-15-27)40(38,39)28-18-16-25(32)17-19-28/h4-6,9-11,14-20,26,29H,3,7-8,12-13,21-22H2,1-2H3,(H,33,37)/t29-/m0/s1. The average molecular weight is 582 g/mol. The Bertz CT molecular complexity index is 1410. The van der Waals surface area contributed by atoms with Crippen molar-refractivity contribution in [2.75, 3.05) is 10.8 Å². The molecule has 1 aliphatic carbocycles. The molecular formula is C31H36ClN3O4S. The fourth-order valence-electron chi connectivity index (χ4n) is 5.15. The number of anilines is 1. The molecule has 0 spiro atoms. The third-order valence-electron chi connectivity index (χ3n) is 7.25. The zero-order valence-corrected chi connectivity index (χ0v) is 24.5. The van der Waals surface area contributed by atoms with Crippen molar-refractivity contribution in [3.05, 3.63) is 95.0 Å². The number of halogens is 1. The van der Waals surface area contributed by atoms with Crippen LogP contribution in [0.1, 0.15) is 50.2 Å². The number of aryl methyl sites for hydroxylation is 1. The Labute approximate surface area is 242 Å². The predicted octanol–water partition coefficient (Wildman–Crippen LogP) is 5.71. The quantitative estimate of drug-likeness (QED) is 0.314. The summed E-state index contributed by atoms with van der Waals surface area (Å²) in [5, 5.41) is 3.54. The number of nitrogens with zero attached hydrogens (tertiary/aromatic N) is 2. The summed E-state index contributed by atoms with van der Waals surface area (Å²) in [6.07, 6.45) is 4.39. The molecule has 3 aromatic rings. The van der Waals surface area contributed by atoms with Gasteiger partial charge >= 0.3 is 0 Å². The van der Waals surface area contributed by atoms with E-state index < -0.39 is 28.5 Å². The maximum absolute atomic E-state index is 14.1. The molecule has 1 atom stereocenters. The van der Waals surface area contributed by atoms with Crippen molar-refractivity contribution in [1.29, 1.82) is 0 Å². The second-order valence-corrected chi connectivity index (χ2v) is 12.5. The lowest BCUT2D eigenvalue weighted by Crippen LogP contribution is -2.53. The highest BCUT2D eigenvalue weighted by Gasteiger charge is 2.34. The third kappa shape index (κ3) is 7.23. The smallest absolute Gasteiger partial charge is 0.264 e. The van der Waals surface area contributed by atoms with E-state index >= 15 is 0 Å². The number of carbonyl (C=O) groups excluding carboxylic acids is 2. The van der Waals surface area contributed by atoms with Gasteiger partial charge in [-0.3, -0.25) is 13.9 Å². The number of rotatable bonds is 11. The number of amides is 2.